The van der Waals surface area contributed by atoms with Crippen LogP contribution in [0.1, 0.15) is 11.1 Å². The van der Waals surface area contributed by atoms with E-state index >= 15 is 0 Å². The van der Waals surface area contributed by atoms with Crippen LogP contribution in [-0.4, -0.2) is 65.5 Å². The Morgan fingerprint density at radius 2 is 1.83 bits per heavy atom. The maximum Gasteiger partial charge on any atom is 0.0845 e. The normalized spacial score (nSPS) is 16.5. The Morgan fingerprint density at radius 1 is 1.03 bits per heavy atom. The van der Waals surface area contributed by atoms with Crippen molar-refractivity contribution in [3.63, 3.8) is 0 Å². The predicted octanol–water partition coefficient (Wildman–Crippen LogP) is 2.97. The molecule has 1 saturated heterocycles. The smallest absolute Gasteiger partial charge is 0.0845 e. The monoisotopic (exact) mass is 393 g/mol. The third kappa shape index (κ3) is 5.46. The first kappa shape index (κ1) is 20.1. The Morgan fingerprint density at radius 3 is 2.69 bits per heavy atom. The third-order valence-electron chi connectivity index (χ3n) is 5.56. The molecule has 29 heavy (non-hydrogen) atoms. The zero-order valence-corrected chi connectivity index (χ0v) is 17.2. The second kappa shape index (κ2) is 9.55. The van der Waals surface area contributed by atoms with E-state index in [2.05, 4.69) is 70.1 Å². The number of fused-ring (bicyclic) bond motifs is 1. The molecular formula is C24H31N3O2. The van der Waals surface area contributed by atoms with E-state index in [4.69, 9.17) is 4.74 Å². The number of aliphatic hydroxyl groups is 1. The number of likely N-dealkylation sites (N-methyl/N-ethyl adjacent to an activating group) is 1. The number of benzene rings is 2. The molecule has 0 bridgehead atoms. The minimum absolute atomic E-state index is 0.410. The highest BCUT2D eigenvalue weighted by Gasteiger charge is 2.13. The van der Waals surface area contributed by atoms with Gasteiger partial charge in [0.2, 0.25) is 0 Å². The summed E-state index contributed by atoms with van der Waals surface area (Å²) in [5.41, 5.74) is 3.80. The lowest BCUT2D eigenvalue weighted by atomic mass is 10.1. The van der Waals surface area contributed by atoms with Gasteiger partial charge >= 0.3 is 0 Å². The molecule has 1 aromatic heterocycles. The summed E-state index contributed by atoms with van der Waals surface area (Å²) in [7, 11) is 2.08. The van der Waals surface area contributed by atoms with Crippen LogP contribution in [0.4, 0.5) is 0 Å². The molecule has 3 aromatic rings. The Balaban J connectivity index is 1.30. The van der Waals surface area contributed by atoms with Crippen molar-refractivity contribution in [2.75, 3.05) is 39.9 Å². The number of morpholine rings is 1. The second-order valence-corrected chi connectivity index (χ2v) is 8.09. The van der Waals surface area contributed by atoms with Crippen LogP contribution >= 0.6 is 0 Å². The molecule has 0 amide bonds. The first-order valence-corrected chi connectivity index (χ1v) is 10.5. The third-order valence-corrected chi connectivity index (χ3v) is 5.56. The average molecular weight is 394 g/mol. The van der Waals surface area contributed by atoms with Crippen molar-refractivity contribution in [3.8, 4) is 0 Å². The fourth-order valence-electron chi connectivity index (χ4n) is 4.16. The molecule has 1 N–H and O–H groups in total. The standard InChI is InChI=1S/C24H31N3O2/c1-25(18-23(28)19-27-10-9-22-7-2-3-8-24(22)27)16-20-5-4-6-21(15-20)17-26-11-13-29-14-12-26/h2-10,15,23,28H,11-14,16-19H2,1H3/t23-/m1/s1. The lowest BCUT2D eigenvalue weighted by Gasteiger charge is -2.27. The van der Waals surface area contributed by atoms with E-state index in [0.29, 0.717) is 13.1 Å². The summed E-state index contributed by atoms with van der Waals surface area (Å²) in [6.45, 7) is 6.72. The van der Waals surface area contributed by atoms with Crippen LogP contribution in [0.5, 0.6) is 0 Å². The summed E-state index contributed by atoms with van der Waals surface area (Å²) in [6, 6.07) is 19.2. The average Bonchev–Trinajstić information content (AvgIpc) is 3.12. The molecule has 5 heteroatoms. The lowest BCUT2D eigenvalue weighted by molar-refractivity contribution is 0.0342. The summed E-state index contributed by atoms with van der Waals surface area (Å²) in [6.07, 6.45) is 1.65. The summed E-state index contributed by atoms with van der Waals surface area (Å²) in [5.74, 6) is 0. The highest BCUT2D eigenvalue weighted by Crippen LogP contribution is 2.16. The molecular weight excluding hydrogens is 362 g/mol. The molecule has 1 aliphatic heterocycles. The van der Waals surface area contributed by atoms with Crippen molar-refractivity contribution in [3.05, 3.63) is 71.9 Å². The van der Waals surface area contributed by atoms with Gasteiger partial charge in [0.25, 0.3) is 0 Å². The number of aromatic nitrogens is 1. The largest absolute Gasteiger partial charge is 0.390 e. The minimum Gasteiger partial charge on any atom is -0.390 e. The summed E-state index contributed by atoms with van der Waals surface area (Å²) in [5, 5.41) is 11.8. The summed E-state index contributed by atoms with van der Waals surface area (Å²) < 4.78 is 7.57. The number of nitrogens with zero attached hydrogens (tertiary/aromatic N) is 3. The van der Waals surface area contributed by atoms with Crippen LogP contribution in [0, 0.1) is 0 Å². The van der Waals surface area contributed by atoms with Gasteiger partial charge in [-0.05, 0) is 35.7 Å². The van der Waals surface area contributed by atoms with E-state index in [-0.39, 0.29) is 0 Å². The molecule has 0 aliphatic carbocycles. The fraction of sp³-hybridized carbons (Fsp3) is 0.417. The van der Waals surface area contributed by atoms with Crippen molar-refractivity contribution in [2.24, 2.45) is 0 Å². The van der Waals surface area contributed by atoms with Gasteiger partial charge in [-0.2, -0.15) is 0 Å². The maximum absolute atomic E-state index is 10.6. The molecule has 154 valence electrons. The van der Waals surface area contributed by atoms with E-state index < -0.39 is 6.10 Å². The van der Waals surface area contributed by atoms with E-state index in [0.717, 1.165) is 39.4 Å². The zero-order chi connectivity index (χ0) is 20.1. The molecule has 2 heterocycles. The molecule has 0 unspecified atom stereocenters. The van der Waals surface area contributed by atoms with Gasteiger partial charge in [0.15, 0.2) is 0 Å². The van der Waals surface area contributed by atoms with Crippen LogP contribution in [0.25, 0.3) is 10.9 Å². The first-order valence-electron chi connectivity index (χ1n) is 10.5. The lowest BCUT2D eigenvalue weighted by Crippen LogP contribution is -2.35. The molecule has 2 aromatic carbocycles. The van der Waals surface area contributed by atoms with E-state index in [9.17, 15) is 5.11 Å². The van der Waals surface area contributed by atoms with Crippen LogP contribution < -0.4 is 0 Å². The molecule has 5 nitrogen and oxygen atoms in total. The number of hydrogen-bond donors (Lipinski definition) is 1. The Labute approximate surface area is 173 Å². The van der Waals surface area contributed by atoms with Gasteiger partial charge in [-0.15, -0.1) is 0 Å². The van der Waals surface area contributed by atoms with Crippen LogP contribution in [0.2, 0.25) is 0 Å². The highest BCUT2D eigenvalue weighted by molar-refractivity contribution is 5.79. The molecule has 4 rings (SSSR count). The first-order chi connectivity index (χ1) is 14.2. The molecule has 0 spiro atoms. The summed E-state index contributed by atoms with van der Waals surface area (Å²) in [4.78, 5) is 4.64. The van der Waals surface area contributed by atoms with Crippen LogP contribution in [0.15, 0.2) is 60.8 Å². The Kier molecular flexibility index (Phi) is 6.62. The van der Waals surface area contributed by atoms with Crippen LogP contribution in [-0.2, 0) is 24.4 Å². The van der Waals surface area contributed by atoms with E-state index in [1.54, 1.807) is 0 Å². The second-order valence-electron chi connectivity index (χ2n) is 8.09. The van der Waals surface area contributed by atoms with Gasteiger partial charge in [-0.25, -0.2) is 0 Å². The quantitative estimate of drug-likeness (QED) is 0.639. The number of aliphatic hydroxyl groups excluding tert-OH is 1. The molecule has 1 aliphatic rings. The van der Waals surface area contributed by atoms with Crippen molar-refractivity contribution in [1.82, 2.24) is 14.4 Å². The molecule has 1 atom stereocenters. The van der Waals surface area contributed by atoms with Gasteiger partial charge < -0.3 is 14.4 Å². The van der Waals surface area contributed by atoms with E-state index in [1.165, 1.54) is 22.0 Å². The highest BCUT2D eigenvalue weighted by atomic mass is 16.5. The van der Waals surface area contributed by atoms with E-state index in [1.807, 2.05) is 12.1 Å². The number of hydrogen-bond acceptors (Lipinski definition) is 4. The van der Waals surface area contributed by atoms with Gasteiger partial charge in [-0.1, -0.05) is 42.5 Å². The minimum atomic E-state index is -0.410. The van der Waals surface area contributed by atoms with Crippen LogP contribution in [0.3, 0.4) is 0 Å². The van der Waals surface area contributed by atoms with Gasteiger partial charge in [0.05, 0.1) is 19.3 Å². The molecule has 0 radical (unpaired) electrons. The molecule has 0 saturated carbocycles. The van der Waals surface area contributed by atoms with Gasteiger partial charge in [0.1, 0.15) is 0 Å². The van der Waals surface area contributed by atoms with Crippen molar-refractivity contribution in [1.29, 1.82) is 0 Å². The Hall–Kier alpha value is -2.18. The van der Waals surface area contributed by atoms with Crippen molar-refractivity contribution < 1.29 is 9.84 Å². The predicted molar refractivity (Wildman–Crippen MR) is 117 cm³/mol. The maximum atomic E-state index is 10.6. The number of para-hydroxylation sites is 1. The Bertz CT molecular complexity index is 917. The SMILES string of the molecule is CN(Cc1cccc(CN2CCOCC2)c1)C[C@@H](O)Cn1ccc2ccccc21. The zero-order valence-electron chi connectivity index (χ0n) is 17.2. The molecule has 1 fully saturated rings. The van der Waals surface area contributed by atoms with Gasteiger partial charge in [0, 0.05) is 51.0 Å². The summed E-state index contributed by atoms with van der Waals surface area (Å²) >= 11 is 0. The number of ether oxygens (including phenoxy) is 1. The number of rotatable bonds is 8. The van der Waals surface area contributed by atoms with Crippen molar-refractivity contribution in [2.45, 2.75) is 25.7 Å². The van der Waals surface area contributed by atoms with Crippen molar-refractivity contribution >= 4 is 10.9 Å². The van der Waals surface area contributed by atoms with Gasteiger partial charge in [-0.3, -0.25) is 9.80 Å². The fourth-order valence-corrected chi connectivity index (χ4v) is 4.16. The topological polar surface area (TPSA) is 40.9 Å².